The SMILES string of the molecule is Cc1cc(C(F)(F)F)n2nc(C(=O)NC34CC5CC(CC(C5)C3)C4)cc2n1. The van der Waals surface area contributed by atoms with E-state index in [9.17, 15) is 18.0 Å². The van der Waals surface area contributed by atoms with Crippen LogP contribution >= 0.6 is 0 Å². The molecule has 4 fully saturated rings. The molecule has 1 N–H and O–H groups in total. The fourth-order valence-corrected chi connectivity index (χ4v) is 5.98. The second kappa shape index (κ2) is 5.45. The molecular formula is C19H21F3N4O. The van der Waals surface area contributed by atoms with Crippen LogP contribution in [-0.4, -0.2) is 26.0 Å². The Kier molecular flexibility index (Phi) is 3.44. The number of nitrogens with one attached hydrogen (secondary N) is 1. The van der Waals surface area contributed by atoms with Crippen molar-refractivity contribution >= 4 is 11.6 Å². The summed E-state index contributed by atoms with van der Waals surface area (Å²) in [4.78, 5) is 16.9. The van der Waals surface area contributed by atoms with Crippen molar-refractivity contribution in [2.24, 2.45) is 17.8 Å². The van der Waals surface area contributed by atoms with Crippen molar-refractivity contribution < 1.29 is 18.0 Å². The van der Waals surface area contributed by atoms with E-state index < -0.39 is 17.8 Å². The van der Waals surface area contributed by atoms with Gasteiger partial charge in [0.2, 0.25) is 0 Å². The predicted octanol–water partition coefficient (Wildman–Crippen LogP) is 3.76. The van der Waals surface area contributed by atoms with E-state index in [4.69, 9.17) is 0 Å². The Morgan fingerprint density at radius 3 is 2.30 bits per heavy atom. The molecule has 0 unspecified atom stereocenters. The smallest absolute Gasteiger partial charge is 0.345 e. The Bertz CT molecular complexity index is 898. The minimum atomic E-state index is -4.56. The Hall–Kier alpha value is -2.12. The van der Waals surface area contributed by atoms with Crippen LogP contribution in [0, 0.1) is 24.7 Å². The molecule has 0 radical (unpaired) electrons. The average molecular weight is 378 g/mol. The van der Waals surface area contributed by atoms with Crippen molar-refractivity contribution in [2.45, 2.75) is 57.2 Å². The van der Waals surface area contributed by atoms with Crippen molar-refractivity contribution in [1.29, 1.82) is 0 Å². The van der Waals surface area contributed by atoms with Gasteiger partial charge < -0.3 is 5.32 Å². The maximum atomic E-state index is 13.3. The first-order chi connectivity index (χ1) is 12.7. The highest BCUT2D eigenvalue weighted by atomic mass is 19.4. The highest BCUT2D eigenvalue weighted by Crippen LogP contribution is 2.55. The molecule has 4 aliphatic carbocycles. The summed E-state index contributed by atoms with van der Waals surface area (Å²) in [6, 6.07) is 2.29. The van der Waals surface area contributed by atoms with Gasteiger partial charge in [0.15, 0.2) is 11.3 Å². The first-order valence-electron chi connectivity index (χ1n) is 9.48. The van der Waals surface area contributed by atoms with Gasteiger partial charge in [0.25, 0.3) is 5.91 Å². The van der Waals surface area contributed by atoms with E-state index in [2.05, 4.69) is 15.4 Å². The Morgan fingerprint density at radius 2 is 1.74 bits per heavy atom. The standard InChI is InChI=1S/C19H21F3N4O/c1-10-2-15(19(20,21)22)26-16(23-10)6-14(25-26)17(27)24-18-7-11-3-12(8-18)5-13(4-11)9-18/h2,6,11-13H,3-5,7-9H2,1H3,(H,24,27). The van der Waals surface area contributed by atoms with Gasteiger partial charge in [-0.3, -0.25) is 4.79 Å². The number of hydrogen-bond donors (Lipinski definition) is 1. The van der Waals surface area contributed by atoms with Gasteiger partial charge in [-0.2, -0.15) is 18.3 Å². The van der Waals surface area contributed by atoms with Crippen LogP contribution in [0.25, 0.3) is 5.65 Å². The molecule has 2 heterocycles. The molecule has 4 aliphatic rings. The van der Waals surface area contributed by atoms with E-state index in [0.717, 1.165) is 29.8 Å². The van der Waals surface area contributed by atoms with Crippen molar-refractivity contribution in [1.82, 2.24) is 19.9 Å². The van der Waals surface area contributed by atoms with Crippen LogP contribution in [-0.2, 0) is 6.18 Å². The molecule has 0 atom stereocenters. The Morgan fingerprint density at radius 1 is 1.15 bits per heavy atom. The number of hydrogen-bond acceptors (Lipinski definition) is 3. The molecule has 0 aliphatic heterocycles. The van der Waals surface area contributed by atoms with Gasteiger partial charge in [-0.15, -0.1) is 0 Å². The van der Waals surface area contributed by atoms with Gasteiger partial charge in [0, 0.05) is 17.3 Å². The topological polar surface area (TPSA) is 59.3 Å². The fraction of sp³-hybridized carbons (Fsp3) is 0.632. The zero-order valence-electron chi connectivity index (χ0n) is 15.0. The number of carbonyl (C=O) groups excluding carboxylic acids is 1. The summed E-state index contributed by atoms with van der Waals surface area (Å²) in [5.74, 6) is 1.60. The van der Waals surface area contributed by atoms with Crippen LogP contribution in [0.1, 0.15) is 60.4 Å². The largest absolute Gasteiger partial charge is 0.433 e. The molecule has 6 rings (SSSR count). The third-order valence-electron chi connectivity index (χ3n) is 6.50. The van der Waals surface area contributed by atoms with Crippen LogP contribution < -0.4 is 5.32 Å². The zero-order chi connectivity index (χ0) is 19.0. The van der Waals surface area contributed by atoms with Crippen LogP contribution in [0.4, 0.5) is 13.2 Å². The first kappa shape index (κ1) is 17.0. The number of carbonyl (C=O) groups is 1. The number of aromatic nitrogens is 3. The van der Waals surface area contributed by atoms with Gasteiger partial charge in [-0.1, -0.05) is 0 Å². The molecule has 4 saturated carbocycles. The normalized spacial score (nSPS) is 32.2. The van der Waals surface area contributed by atoms with Crippen LogP contribution in [0.2, 0.25) is 0 Å². The van der Waals surface area contributed by atoms with Gasteiger partial charge >= 0.3 is 6.18 Å². The van der Waals surface area contributed by atoms with Gasteiger partial charge in [0.05, 0.1) is 0 Å². The molecule has 0 saturated heterocycles. The molecule has 1 amide bonds. The number of fused-ring (bicyclic) bond motifs is 1. The number of nitrogens with zero attached hydrogens (tertiary/aromatic N) is 3. The average Bonchev–Trinajstić information content (AvgIpc) is 2.95. The summed E-state index contributed by atoms with van der Waals surface area (Å²) in [7, 11) is 0. The second-order valence-electron chi connectivity index (χ2n) is 8.73. The van der Waals surface area contributed by atoms with Crippen molar-refractivity contribution in [2.75, 3.05) is 0 Å². The molecule has 144 valence electrons. The van der Waals surface area contributed by atoms with E-state index in [0.29, 0.717) is 17.8 Å². The zero-order valence-corrected chi connectivity index (χ0v) is 15.0. The lowest BCUT2D eigenvalue weighted by Crippen LogP contribution is -2.59. The fourth-order valence-electron chi connectivity index (χ4n) is 5.98. The number of rotatable bonds is 2. The monoisotopic (exact) mass is 378 g/mol. The summed E-state index contributed by atoms with van der Waals surface area (Å²) in [6.07, 6.45) is 2.12. The molecule has 2 aromatic heterocycles. The maximum absolute atomic E-state index is 13.3. The third kappa shape index (κ3) is 2.80. The minimum absolute atomic E-state index is 0.00524. The van der Waals surface area contributed by atoms with E-state index in [1.54, 1.807) is 0 Å². The van der Waals surface area contributed by atoms with Gasteiger partial charge in [-0.25, -0.2) is 9.50 Å². The number of amides is 1. The molecule has 27 heavy (non-hydrogen) atoms. The van der Waals surface area contributed by atoms with Crippen molar-refractivity contribution in [3.05, 3.63) is 29.2 Å². The summed E-state index contributed by atoms with van der Waals surface area (Å²) in [5, 5.41) is 7.09. The number of alkyl halides is 3. The lowest BCUT2D eigenvalue weighted by atomic mass is 9.53. The summed E-state index contributed by atoms with van der Waals surface area (Å²) in [6.45, 7) is 1.50. The molecule has 8 heteroatoms. The lowest BCUT2D eigenvalue weighted by molar-refractivity contribution is -0.142. The summed E-state index contributed by atoms with van der Waals surface area (Å²) >= 11 is 0. The molecule has 5 nitrogen and oxygen atoms in total. The van der Waals surface area contributed by atoms with E-state index in [-0.39, 0.29) is 22.6 Å². The second-order valence-corrected chi connectivity index (χ2v) is 8.73. The highest BCUT2D eigenvalue weighted by Gasteiger charge is 2.51. The van der Waals surface area contributed by atoms with Gasteiger partial charge in [-0.05, 0) is 69.3 Å². The van der Waals surface area contributed by atoms with E-state index in [1.165, 1.54) is 32.3 Å². The van der Waals surface area contributed by atoms with Crippen molar-refractivity contribution in [3.63, 3.8) is 0 Å². The van der Waals surface area contributed by atoms with Crippen LogP contribution in [0.15, 0.2) is 12.1 Å². The molecule has 0 aromatic carbocycles. The predicted molar refractivity (Wildman–Crippen MR) is 91.1 cm³/mol. The van der Waals surface area contributed by atoms with Gasteiger partial charge in [0.1, 0.15) is 5.69 Å². The van der Waals surface area contributed by atoms with E-state index in [1.807, 2.05) is 0 Å². The number of halogens is 3. The molecule has 0 spiro atoms. The minimum Gasteiger partial charge on any atom is -0.345 e. The summed E-state index contributed by atoms with van der Waals surface area (Å²) < 4.78 is 40.6. The van der Waals surface area contributed by atoms with Crippen LogP contribution in [0.5, 0.6) is 0 Å². The third-order valence-corrected chi connectivity index (χ3v) is 6.50. The maximum Gasteiger partial charge on any atom is 0.433 e. The molecule has 4 bridgehead atoms. The molecular weight excluding hydrogens is 357 g/mol. The Balaban J connectivity index is 1.46. The molecule has 2 aromatic rings. The summed E-state index contributed by atoms with van der Waals surface area (Å²) in [5.41, 5.74) is -0.855. The quantitative estimate of drug-likeness (QED) is 0.866. The van der Waals surface area contributed by atoms with E-state index >= 15 is 0 Å². The highest BCUT2D eigenvalue weighted by molar-refractivity contribution is 5.93. The lowest BCUT2D eigenvalue weighted by Gasteiger charge is -2.56. The first-order valence-corrected chi connectivity index (χ1v) is 9.48. The Labute approximate surface area is 154 Å². The number of aryl methyl sites for hydroxylation is 1. The van der Waals surface area contributed by atoms with Crippen LogP contribution in [0.3, 0.4) is 0 Å². The van der Waals surface area contributed by atoms with Crippen molar-refractivity contribution in [3.8, 4) is 0 Å².